The van der Waals surface area contributed by atoms with E-state index in [4.69, 9.17) is 5.11 Å². The monoisotopic (exact) mass is 232 g/mol. The molecule has 0 saturated carbocycles. The maximum absolute atomic E-state index is 11.6. The standard InChI is InChI=1S/C10H8N4O3/c15-9(6-3-1-2-4-11-6)12-8-5-7(10(16)17)13-14-8/h1-5H,(H,16,17)(H2,12,13,14,15). The number of aromatic nitrogens is 3. The number of carbonyl (C=O) groups is 2. The average molecular weight is 232 g/mol. The van der Waals surface area contributed by atoms with Crippen molar-refractivity contribution >= 4 is 17.7 Å². The Morgan fingerprint density at radius 2 is 2.18 bits per heavy atom. The molecule has 0 aromatic carbocycles. The van der Waals surface area contributed by atoms with E-state index in [1.165, 1.54) is 12.3 Å². The number of carbonyl (C=O) groups excluding carboxylic acids is 1. The summed E-state index contributed by atoms with van der Waals surface area (Å²) >= 11 is 0. The van der Waals surface area contributed by atoms with Crippen molar-refractivity contribution in [3.05, 3.63) is 41.9 Å². The van der Waals surface area contributed by atoms with Crippen LogP contribution in [0.3, 0.4) is 0 Å². The Labute approximate surface area is 95.5 Å². The summed E-state index contributed by atoms with van der Waals surface area (Å²) in [6.45, 7) is 0. The van der Waals surface area contributed by atoms with Crippen molar-refractivity contribution in [3.63, 3.8) is 0 Å². The molecule has 0 radical (unpaired) electrons. The van der Waals surface area contributed by atoms with Gasteiger partial charge in [0, 0.05) is 12.3 Å². The lowest BCUT2D eigenvalue weighted by atomic mass is 10.3. The van der Waals surface area contributed by atoms with Crippen LogP contribution >= 0.6 is 0 Å². The van der Waals surface area contributed by atoms with Crippen LogP contribution in [0.1, 0.15) is 21.0 Å². The molecule has 2 aromatic heterocycles. The Morgan fingerprint density at radius 1 is 1.35 bits per heavy atom. The molecule has 0 atom stereocenters. The average Bonchev–Trinajstić information content (AvgIpc) is 2.79. The lowest BCUT2D eigenvalue weighted by Crippen LogP contribution is -2.13. The van der Waals surface area contributed by atoms with Crippen LogP contribution in [0.4, 0.5) is 5.82 Å². The zero-order valence-electron chi connectivity index (χ0n) is 8.54. The van der Waals surface area contributed by atoms with E-state index in [0.717, 1.165) is 0 Å². The summed E-state index contributed by atoms with van der Waals surface area (Å²) in [7, 11) is 0. The van der Waals surface area contributed by atoms with Crippen molar-refractivity contribution in [2.45, 2.75) is 0 Å². The second-order valence-electron chi connectivity index (χ2n) is 3.14. The quantitative estimate of drug-likeness (QED) is 0.723. The molecule has 2 aromatic rings. The number of nitrogens with one attached hydrogen (secondary N) is 2. The minimum Gasteiger partial charge on any atom is -0.477 e. The van der Waals surface area contributed by atoms with E-state index < -0.39 is 11.9 Å². The molecule has 0 bridgehead atoms. The van der Waals surface area contributed by atoms with E-state index in [2.05, 4.69) is 20.5 Å². The van der Waals surface area contributed by atoms with Gasteiger partial charge in [0.25, 0.3) is 5.91 Å². The highest BCUT2D eigenvalue weighted by atomic mass is 16.4. The predicted octanol–water partition coefficient (Wildman–Crippen LogP) is 0.755. The number of aromatic carboxylic acids is 1. The van der Waals surface area contributed by atoms with Crippen LogP contribution in [-0.2, 0) is 0 Å². The molecule has 0 aliphatic carbocycles. The highest BCUT2D eigenvalue weighted by Crippen LogP contribution is 2.06. The van der Waals surface area contributed by atoms with Gasteiger partial charge in [-0.05, 0) is 12.1 Å². The summed E-state index contributed by atoms with van der Waals surface area (Å²) in [4.78, 5) is 26.0. The van der Waals surface area contributed by atoms with Crippen molar-refractivity contribution in [1.29, 1.82) is 0 Å². The van der Waals surface area contributed by atoms with Gasteiger partial charge in [0.1, 0.15) is 11.4 Å². The molecule has 0 aliphatic rings. The van der Waals surface area contributed by atoms with E-state index >= 15 is 0 Å². The van der Waals surface area contributed by atoms with Crippen LogP contribution in [0.25, 0.3) is 0 Å². The van der Waals surface area contributed by atoms with Crippen molar-refractivity contribution in [2.24, 2.45) is 0 Å². The molecule has 0 aliphatic heterocycles. The smallest absolute Gasteiger partial charge is 0.353 e. The molecule has 0 unspecified atom stereocenters. The van der Waals surface area contributed by atoms with Crippen molar-refractivity contribution in [3.8, 4) is 0 Å². The van der Waals surface area contributed by atoms with Gasteiger partial charge in [-0.15, -0.1) is 0 Å². The Kier molecular flexibility index (Phi) is 2.82. The van der Waals surface area contributed by atoms with Crippen molar-refractivity contribution < 1.29 is 14.7 Å². The number of nitrogens with zero attached hydrogens (tertiary/aromatic N) is 2. The third-order valence-corrected chi connectivity index (χ3v) is 1.95. The van der Waals surface area contributed by atoms with Crippen molar-refractivity contribution in [1.82, 2.24) is 15.2 Å². The SMILES string of the molecule is O=C(Nc1cc(C(=O)O)[nH]n1)c1ccccn1. The lowest BCUT2D eigenvalue weighted by molar-refractivity contribution is 0.0690. The molecule has 2 rings (SSSR count). The highest BCUT2D eigenvalue weighted by Gasteiger charge is 2.11. The molecule has 86 valence electrons. The number of carboxylic acid groups (broad SMARTS) is 1. The number of hydrogen-bond acceptors (Lipinski definition) is 4. The van der Waals surface area contributed by atoms with E-state index in [-0.39, 0.29) is 17.2 Å². The van der Waals surface area contributed by atoms with Crippen LogP contribution in [0.5, 0.6) is 0 Å². The fourth-order valence-corrected chi connectivity index (χ4v) is 1.17. The lowest BCUT2D eigenvalue weighted by Gasteiger charge is -1.99. The predicted molar refractivity (Wildman–Crippen MR) is 57.7 cm³/mol. The van der Waals surface area contributed by atoms with Gasteiger partial charge in [-0.1, -0.05) is 6.07 Å². The Morgan fingerprint density at radius 3 is 2.76 bits per heavy atom. The van der Waals surface area contributed by atoms with Gasteiger partial charge in [-0.2, -0.15) is 5.10 Å². The number of anilines is 1. The third kappa shape index (κ3) is 2.46. The molecule has 1 amide bonds. The number of aromatic amines is 1. The molecule has 0 fully saturated rings. The molecule has 0 spiro atoms. The van der Waals surface area contributed by atoms with Gasteiger partial charge in [0.15, 0.2) is 5.82 Å². The number of pyridine rings is 1. The van der Waals surface area contributed by atoms with Gasteiger partial charge in [-0.3, -0.25) is 14.9 Å². The summed E-state index contributed by atoms with van der Waals surface area (Å²) in [6.07, 6.45) is 1.49. The zero-order chi connectivity index (χ0) is 12.3. The summed E-state index contributed by atoms with van der Waals surface area (Å²) in [5.41, 5.74) is 0.133. The van der Waals surface area contributed by atoms with Gasteiger partial charge < -0.3 is 10.4 Å². The van der Waals surface area contributed by atoms with Gasteiger partial charge in [0.05, 0.1) is 0 Å². The van der Waals surface area contributed by atoms with Crippen molar-refractivity contribution in [2.75, 3.05) is 5.32 Å². The van der Waals surface area contributed by atoms with E-state index in [1.807, 2.05) is 0 Å². The minimum absolute atomic E-state index is 0.0960. The first kappa shape index (κ1) is 10.8. The first-order chi connectivity index (χ1) is 8.16. The number of hydrogen-bond donors (Lipinski definition) is 3. The Balaban J connectivity index is 2.11. The maximum atomic E-state index is 11.6. The largest absolute Gasteiger partial charge is 0.477 e. The third-order valence-electron chi connectivity index (χ3n) is 1.95. The molecule has 2 heterocycles. The number of H-pyrrole nitrogens is 1. The highest BCUT2D eigenvalue weighted by molar-refractivity contribution is 6.02. The topological polar surface area (TPSA) is 108 Å². The zero-order valence-corrected chi connectivity index (χ0v) is 8.54. The van der Waals surface area contributed by atoms with Gasteiger partial charge >= 0.3 is 5.97 Å². The van der Waals surface area contributed by atoms with Crippen LogP contribution in [0.2, 0.25) is 0 Å². The Hall–Kier alpha value is -2.70. The summed E-state index contributed by atoms with van der Waals surface area (Å²) in [6, 6.07) is 6.13. The summed E-state index contributed by atoms with van der Waals surface area (Å²) < 4.78 is 0. The number of carboxylic acids is 1. The maximum Gasteiger partial charge on any atom is 0.353 e. The van der Waals surface area contributed by atoms with E-state index in [1.54, 1.807) is 18.2 Å². The number of amides is 1. The van der Waals surface area contributed by atoms with E-state index in [9.17, 15) is 9.59 Å². The molecular weight excluding hydrogens is 224 g/mol. The fourth-order valence-electron chi connectivity index (χ4n) is 1.17. The van der Waals surface area contributed by atoms with Crippen LogP contribution in [-0.4, -0.2) is 32.2 Å². The minimum atomic E-state index is -1.14. The summed E-state index contributed by atoms with van der Waals surface area (Å²) in [5.74, 6) is -1.46. The molecule has 7 heteroatoms. The molecule has 17 heavy (non-hydrogen) atoms. The van der Waals surface area contributed by atoms with Crippen LogP contribution in [0.15, 0.2) is 30.5 Å². The number of rotatable bonds is 3. The first-order valence-corrected chi connectivity index (χ1v) is 4.68. The molecule has 7 nitrogen and oxygen atoms in total. The van der Waals surface area contributed by atoms with Gasteiger partial charge in [0.2, 0.25) is 0 Å². The second kappa shape index (κ2) is 4.44. The van der Waals surface area contributed by atoms with Crippen LogP contribution in [0, 0.1) is 0 Å². The normalized spacial score (nSPS) is 9.88. The molecule has 3 N–H and O–H groups in total. The first-order valence-electron chi connectivity index (χ1n) is 4.68. The molecule has 0 saturated heterocycles. The molecular formula is C10H8N4O3. The Bertz CT molecular complexity index is 550. The fraction of sp³-hybridized carbons (Fsp3) is 0. The van der Waals surface area contributed by atoms with Gasteiger partial charge in [-0.25, -0.2) is 4.79 Å². The summed E-state index contributed by atoms with van der Waals surface area (Å²) in [5, 5.41) is 17.0. The van der Waals surface area contributed by atoms with Crippen LogP contribution < -0.4 is 5.32 Å². The van der Waals surface area contributed by atoms with E-state index in [0.29, 0.717) is 0 Å². The second-order valence-corrected chi connectivity index (χ2v) is 3.14.